The monoisotopic (exact) mass is 368 g/mol. The van der Waals surface area contributed by atoms with E-state index < -0.39 is 0 Å². The van der Waals surface area contributed by atoms with Gasteiger partial charge in [-0.3, -0.25) is 4.98 Å². The fourth-order valence-corrected chi connectivity index (χ4v) is 4.24. The van der Waals surface area contributed by atoms with Crippen LogP contribution in [0.2, 0.25) is 0 Å². The number of aromatic nitrogens is 4. The van der Waals surface area contributed by atoms with Crippen molar-refractivity contribution in [2.45, 2.75) is 33.1 Å². The summed E-state index contributed by atoms with van der Waals surface area (Å²) in [6.07, 6.45) is 8.34. The molecule has 139 valence electrons. The van der Waals surface area contributed by atoms with Gasteiger partial charge in [0.2, 0.25) is 0 Å². The van der Waals surface area contributed by atoms with Crippen molar-refractivity contribution in [3.05, 3.63) is 70.3 Å². The Morgan fingerprint density at radius 2 is 1.54 bits per heavy atom. The maximum absolute atomic E-state index is 4.94. The van der Waals surface area contributed by atoms with Gasteiger partial charge in [-0.05, 0) is 85.4 Å². The second kappa shape index (κ2) is 6.82. The number of H-pyrrole nitrogens is 2. The molecule has 0 spiro atoms. The summed E-state index contributed by atoms with van der Waals surface area (Å²) in [5.41, 5.74) is 11.7. The average Bonchev–Trinajstić information content (AvgIpc) is 3.38. The highest BCUT2D eigenvalue weighted by Gasteiger charge is 2.19. The van der Waals surface area contributed by atoms with Crippen LogP contribution >= 0.6 is 0 Å². The quantitative estimate of drug-likeness (QED) is 0.435. The maximum Gasteiger partial charge on any atom is 0.0658 e. The number of hydrogen-bond donors (Lipinski definition) is 2. The largest absolute Gasteiger partial charge is 0.355 e. The van der Waals surface area contributed by atoms with Crippen molar-refractivity contribution in [1.29, 1.82) is 0 Å². The Bertz CT molecular complexity index is 1250. The van der Waals surface area contributed by atoms with E-state index in [1.54, 1.807) is 0 Å². The third kappa shape index (κ3) is 2.97. The molecule has 0 fully saturated rings. The van der Waals surface area contributed by atoms with Crippen LogP contribution in [0.4, 0.5) is 0 Å². The van der Waals surface area contributed by atoms with Gasteiger partial charge in [-0.1, -0.05) is 7.43 Å². The van der Waals surface area contributed by atoms with Crippen LogP contribution in [0.15, 0.2) is 36.4 Å². The summed E-state index contributed by atoms with van der Waals surface area (Å²) in [6.45, 7) is 0. The molecule has 3 aliphatic rings. The molecule has 28 heavy (non-hydrogen) atoms. The van der Waals surface area contributed by atoms with Crippen molar-refractivity contribution in [2.75, 3.05) is 0 Å². The molecule has 0 amide bonds. The molecule has 2 aliphatic heterocycles. The van der Waals surface area contributed by atoms with Crippen molar-refractivity contribution < 1.29 is 1.43 Å². The zero-order valence-electron chi connectivity index (χ0n) is 14.9. The van der Waals surface area contributed by atoms with Crippen LogP contribution in [-0.4, -0.2) is 28.3 Å². The number of fused-ring (bicyclic) bond motifs is 8. The van der Waals surface area contributed by atoms with Gasteiger partial charge >= 0.3 is 0 Å². The van der Waals surface area contributed by atoms with Crippen molar-refractivity contribution in [2.24, 2.45) is 0 Å². The topological polar surface area (TPSA) is 57.4 Å². The van der Waals surface area contributed by atoms with Crippen LogP contribution in [0.3, 0.4) is 0 Å². The van der Waals surface area contributed by atoms with E-state index in [0.717, 1.165) is 59.3 Å². The fourth-order valence-electron chi connectivity index (χ4n) is 4.24. The van der Waals surface area contributed by atoms with Crippen LogP contribution in [0.1, 0.15) is 42.8 Å². The smallest absolute Gasteiger partial charge is 0.0658 e. The molecule has 4 nitrogen and oxygen atoms in total. The van der Waals surface area contributed by atoms with Gasteiger partial charge in [0.1, 0.15) is 0 Å². The van der Waals surface area contributed by atoms with E-state index in [4.69, 9.17) is 9.97 Å². The van der Waals surface area contributed by atoms with Crippen molar-refractivity contribution in [3.8, 4) is 0 Å². The standard InChI is InChI=1S/C22H18N4.CH4.B.H2/c1-7-20-21-8-6-18(25-21)11-16-3-2-14(23-16)10-15-4-5-17(24-15)12-19-9-13(1)22(20)26-19;;;/h2-5,9-12,24,26H,1,6-8H2;1H4;;1H/i;;;1+1. The molecule has 1 aliphatic carbocycles. The summed E-state index contributed by atoms with van der Waals surface area (Å²) in [5.74, 6) is 0. The molecule has 2 N–H and O–H groups in total. The summed E-state index contributed by atoms with van der Waals surface area (Å²) in [6, 6.07) is 12.9. The molecule has 0 saturated carbocycles. The number of nitrogens with one attached hydrogen (secondary N) is 2. The number of nitrogens with zero attached hydrogens (tertiary/aromatic N) is 2. The molecule has 0 unspecified atom stereocenters. The first-order valence-corrected chi connectivity index (χ1v) is 9.19. The summed E-state index contributed by atoms with van der Waals surface area (Å²) < 4.78 is 0. The summed E-state index contributed by atoms with van der Waals surface area (Å²) >= 11 is 0. The van der Waals surface area contributed by atoms with E-state index in [1.165, 1.54) is 22.3 Å². The molecule has 5 heteroatoms. The SMILES string of the molecule is C.C1=Cc2cc3ccc(cc4cc5c([nH]4)c(c4nc(cc1n2)CC4)CC5)[nH]3.[2HH].[B]. The summed E-state index contributed by atoms with van der Waals surface area (Å²) in [4.78, 5) is 16.7. The van der Waals surface area contributed by atoms with E-state index in [-0.39, 0.29) is 17.3 Å². The lowest BCUT2D eigenvalue weighted by Gasteiger charge is -1.95. The van der Waals surface area contributed by atoms with Gasteiger partial charge in [0.05, 0.1) is 11.4 Å². The van der Waals surface area contributed by atoms with E-state index in [1.807, 2.05) is 0 Å². The predicted octanol–water partition coefficient (Wildman–Crippen LogP) is 4.87. The molecule has 8 bridgehead atoms. The lowest BCUT2D eigenvalue weighted by molar-refractivity contribution is 0.960. The Balaban J connectivity index is 0.000000801. The van der Waals surface area contributed by atoms with E-state index in [0.29, 0.717) is 0 Å². The molecule has 0 saturated heterocycles. The Labute approximate surface area is 167 Å². The van der Waals surface area contributed by atoms with Gasteiger partial charge in [0.25, 0.3) is 0 Å². The van der Waals surface area contributed by atoms with Gasteiger partial charge in [0, 0.05) is 43.3 Å². The molecule has 5 heterocycles. The Kier molecular flexibility index (Phi) is 4.46. The van der Waals surface area contributed by atoms with Gasteiger partial charge in [0.15, 0.2) is 0 Å². The second-order valence-corrected chi connectivity index (χ2v) is 7.25. The second-order valence-electron chi connectivity index (χ2n) is 7.25. The Hall–Kier alpha value is -3.08. The molecule has 3 aromatic heterocycles. The number of aryl methyl sites for hydroxylation is 4. The van der Waals surface area contributed by atoms with Crippen LogP contribution in [0, 0.1) is 0 Å². The lowest BCUT2D eigenvalue weighted by Crippen LogP contribution is -1.89. The number of aromatic amines is 2. The highest BCUT2D eigenvalue weighted by molar-refractivity contribution is 5.76. The Morgan fingerprint density at radius 3 is 2.39 bits per heavy atom. The highest BCUT2D eigenvalue weighted by atomic mass is 14.8. The molecule has 6 rings (SSSR count). The minimum Gasteiger partial charge on any atom is -0.355 e. The van der Waals surface area contributed by atoms with E-state index in [2.05, 4.69) is 58.5 Å². The molecular formula is C23H24BN4. The van der Waals surface area contributed by atoms with Gasteiger partial charge in [-0.15, -0.1) is 0 Å². The first-order chi connectivity index (χ1) is 12.8. The Morgan fingerprint density at radius 1 is 0.750 bits per heavy atom. The molecular weight excluding hydrogens is 343 g/mol. The first kappa shape index (κ1) is 18.3. The molecule has 0 atom stereocenters. The molecule has 3 aromatic rings. The summed E-state index contributed by atoms with van der Waals surface area (Å²) in [5, 5.41) is 0. The zero-order valence-corrected chi connectivity index (χ0v) is 14.9. The van der Waals surface area contributed by atoms with Gasteiger partial charge in [-0.2, -0.15) is 0 Å². The normalized spacial score (nSPS) is 13.9. The van der Waals surface area contributed by atoms with Gasteiger partial charge < -0.3 is 9.97 Å². The third-order valence-corrected chi connectivity index (χ3v) is 5.45. The van der Waals surface area contributed by atoms with E-state index in [9.17, 15) is 0 Å². The van der Waals surface area contributed by atoms with Gasteiger partial charge in [-0.25, -0.2) is 4.98 Å². The molecule has 0 aromatic carbocycles. The predicted molar refractivity (Wildman–Crippen MR) is 119 cm³/mol. The third-order valence-electron chi connectivity index (χ3n) is 5.45. The highest BCUT2D eigenvalue weighted by Crippen LogP contribution is 2.29. The lowest BCUT2D eigenvalue weighted by atomic mass is 10.1. The average molecular weight is 368 g/mol. The summed E-state index contributed by atoms with van der Waals surface area (Å²) in [7, 11) is 0. The van der Waals surface area contributed by atoms with Crippen LogP contribution in [0.25, 0.3) is 34.2 Å². The van der Waals surface area contributed by atoms with Crippen molar-refractivity contribution in [3.63, 3.8) is 0 Å². The van der Waals surface area contributed by atoms with E-state index >= 15 is 0 Å². The van der Waals surface area contributed by atoms with Crippen molar-refractivity contribution >= 4 is 42.6 Å². The molecule has 3 radical (unpaired) electrons. The number of rotatable bonds is 0. The minimum atomic E-state index is 0. The fraction of sp³-hybridized carbons (Fsp3) is 0.217. The van der Waals surface area contributed by atoms with Crippen LogP contribution < -0.4 is 0 Å². The van der Waals surface area contributed by atoms with Crippen LogP contribution in [0.5, 0.6) is 0 Å². The minimum absolute atomic E-state index is 0. The zero-order chi connectivity index (χ0) is 17.1. The first-order valence-electron chi connectivity index (χ1n) is 9.19. The number of hydrogen-bond acceptors (Lipinski definition) is 2. The van der Waals surface area contributed by atoms with Crippen molar-refractivity contribution in [1.82, 2.24) is 19.9 Å². The maximum atomic E-state index is 4.94. The van der Waals surface area contributed by atoms with Crippen LogP contribution in [-0.2, 0) is 25.7 Å².